The van der Waals surface area contributed by atoms with E-state index in [1.165, 1.54) is 0 Å². The topological polar surface area (TPSA) is 43.1 Å². The fraction of sp³-hybridized carbons (Fsp3) is 0. The van der Waals surface area contributed by atoms with Crippen LogP contribution in [0, 0.1) is 0 Å². The van der Waals surface area contributed by atoms with Crippen LogP contribution in [0.2, 0.25) is 0 Å². The van der Waals surface area contributed by atoms with Gasteiger partial charge >= 0.3 is 59.1 Å². The second kappa shape index (κ2) is 10.2. The van der Waals surface area contributed by atoms with Crippen molar-refractivity contribution in [3.8, 4) is 0 Å². The van der Waals surface area contributed by atoms with Crippen molar-refractivity contribution >= 4 is 65.0 Å². The molecule has 0 heterocycles. The van der Waals surface area contributed by atoms with Gasteiger partial charge in [-0.2, -0.15) is 0 Å². The number of hydrogen-bond donors (Lipinski definition) is 1. The van der Waals surface area contributed by atoms with Gasteiger partial charge in [-0.05, 0) is 6.08 Å². The zero-order valence-corrected chi connectivity index (χ0v) is 2.77. The van der Waals surface area contributed by atoms with E-state index in [-0.39, 0.29) is 59.1 Å². The zero-order valence-electron chi connectivity index (χ0n) is 2.77. The van der Waals surface area contributed by atoms with Crippen LogP contribution in [0.15, 0.2) is 12.7 Å². The molecule has 0 aliphatic rings. The maximum atomic E-state index is 9.47. The van der Waals surface area contributed by atoms with Crippen LogP contribution in [-0.2, 0) is 4.79 Å². The Labute approximate surface area is 87.1 Å². The first-order valence-corrected chi connectivity index (χ1v) is 1.19. The van der Waals surface area contributed by atoms with Crippen LogP contribution in [0.1, 0.15) is 0 Å². The summed E-state index contributed by atoms with van der Waals surface area (Å²) >= 11 is 0. The van der Waals surface area contributed by atoms with Gasteiger partial charge in [0, 0.05) is 0 Å². The summed E-state index contributed by atoms with van der Waals surface area (Å²) in [5, 5.41) is 0. The molecule has 4 heteroatoms. The molecular formula is C3H7NNa2O. The van der Waals surface area contributed by atoms with Gasteiger partial charge in [0.15, 0.2) is 0 Å². The Balaban J connectivity index is -0.0000000800. The van der Waals surface area contributed by atoms with Gasteiger partial charge in [0.25, 0.3) is 0 Å². The minimum absolute atomic E-state index is 0. The third kappa shape index (κ3) is 19.0. The van der Waals surface area contributed by atoms with Crippen LogP contribution in [0.5, 0.6) is 0 Å². The van der Waals surface area contributed by atoms with E-state index in [0.717, 1.165) is 6.08 Å². The monoisotopic (exact) mass is 119 g/mol. The van der Waals surface area contributed by atoms with E-state index in [2.05, 4.69) is 12.3 Å². The molecule has 0 aromatic carbocycles. The molecule has 1 amide bonds. The Morgan fingerprint density at radius 3 is 1.71 bits per heavy atom. The average molecular weight is 119 g/mol. The molecule has 0 saturated carbocycles. The summed E-state index contributed by atoms with van der Waals surface area (Å²) in [4.78, 5) is 9.47. The summed E-state index contributed by atoms with van der Waals surface area (Å²) in [6.07, 6.45) is 1.06. The van der Waals surface area contributed by atoms with Gasteiger partial charge < -0.3 is 5.73 Å². The molecule has 0 aromatic heterocycles. The van der Waals surface area contributed by atoms with Gasteiger partial charge in [-0.25, -0.2) is 0 Å². The fourth-order valence-electron chi connectivity index (χ4n) is 0. The molecule has 0 radical (unpaired) electrons. The standard InChI is InChI=1S/C3H5NO.2Na.2H/c1-2-3(4)5;;;;/h2H,1H2,(H2,4,5);;;;. The summed E-state index contributed by atoms with van der Waals surface area (Å²) in [5.41, 5.74) is 4.53. The molecule has 0 aliphatic heterocycles. The summed E-state index contributed by atoms with van der Waals surface area (Å²) in [6, 6.07) is 0. The molecule has 0 fully saturated rings. The molecule has 32 valence electrons. The molecule has 2 N–H and O–H groups in total. The van der Waals surface area contributed by atoms with Crippen molar-refractivity contribution in [2.24, 2.45) is 5.73 Å². The summed E-state index contributed by atoms with van der Waals surface area (Å²) < 4.78 is 0. The maximum absolute atomic E-state index is 9.47. The van der Waals surface area contributed by atoms with Gasteiger partial charge in [0.1, 0.15) is 0 Å². The Kier molecular flexibility index (Phi) is 23.0. The first-order valence-electron chi connectivity index (χ1n) is 1.19. The van der Waals surface area contributed by atoms with Crippen molar-refractivity contribution in [2.75, 3.05) is 0 Å². The van der Waals surface area contributed by atoms with Crippen molar-refractivity contribution in [3.05, 3.63) is 12.7 Å². The van der Waals surface area contributed by atoms with Crippen molar-refractivity contribution < 1.29 is 4.79 Å². The van der Waals surface area contributed by atoms with Crippen LogP contribution >= 0.6 is 0 Å². The Morgan fingerprint density at radius 2 is 1.71 bits per heavy atom. The number of amides is 1. The van der Waals surface area contributed by atoms with Gasteiger partial charge in [-0.1, -0.05) is 6.58 Å². The normalized spacial score (nSPS) is 4.57. The molecule has 0 aliphatic carbocycles. The quantitative estimate of drug-likeness (QED) is 0.326. The number of nitrogens with two attached hydrogens (primary N) is 1. The molecular weight excluding hydrogens is 112 g/mol. The van der Waals surface area contributed by atoms with Crippen LogP contribution in [0.4, 0.5) is 0 Å². The fourth-order valence-corrected chi connectivity index (χ4v) is 0. The van der Waals surface area contributed by atoms with Crippen LogP contribution in [0.3, 0.4) is 0 Å². The molecule has 0 saturated heterocycles. The second-order valence-electron chi connectivity index (χ2n) is 0.606. The van der Waals surface area contributed by atoms with Gasteiger partial charge in [0.05, 0.1) is 0 Å². The molecule has 0 atom stereocenters. The van der Waals surface area contributed by atoms with E-state index in [1.54, 1.807) is 0 Å². The van der Waals surface area contributed by atoms with Crippen LogP contribution in [0.25, 0.3) is 0 Å². The molecule has 7 heavy (non-hydrogen) atoms. The van der Waals surface area contributed by atoms with Crippen molar-refractivity contribution in [3.63, 3.8) is 0 Å². The summed E-state index contributed by atoms with van der Waals surface area (Å²) in [7, 11) is 0. The van der Waals surface area contributed by atoms with Gasteiger partial charge in [-0.15, -0.1) is 0 Å². The van der Waals surface area contributed by atoms with Crippen molar-refractivity contribution in [1.29, 1.82) is 0 Å². The summed E-state index contributed by atoms with van der Waals surface area (Å²) in [5.74, 6) is -0.481. The predicted octanol–water partition coefficient (Wildman–Crippen LogP) is -1.64. The number of carbonyl (C=O) groups excluding carboxylic acids is 1. The first kappa shape index (κ1) is 15.7. The van der Waals surface area contributed by atoms with Gasteiger partial charge in [0.2, 0.25) is 5.91 Å². The molecule has 0 aromatic rings. The summed E-state index contributed by atoms with van der Waals surface area (Å²) in [6.45, 7) is 3.09. The SMILES string of the molecule is C=CC(N)=O.[NaH].[NaH]. The van der Waals surface area contributed by atoms with E-state index in [0.29, 0.717) is 0 Å². The average Bonchev–Trinajstić information content (AvgIpc) is 1.38. The molecule has 0 spiro atoms. The Bertz CT molecular complexity index is 64.0. The zero-order chi connectivity index (χ0) is 4.28. The van der Waals surface area contributed by atoms with E-state index in [1.807, 2.05) is 0 Å². The molecule has 0 bridgehead atoms. The number of primary amides is 1. The van der Waals surface area contributed by atoms with E-state index < -0.39 is 5.91 Å². The van der Waals surface area contributed by atoms with Gasteiger partial charge in [-0.3, -0.25) is 4.79 Å². The predicted molar refractivity (Wildman–Crippen MR) is 33.7 cm³/mol. The minimum atomic E-state index is -0.481. The van der Waals surface area contributed by atoms with E-state index in [9.17, 15) is 4.79 Å². The second-order valence-corrected chi connectivity index (χ2v) is 0.606. The van der Waals surface area contributed by atoms with E-state index in [4.69, 9.17) is 0 Å². The number of rotatable bonds is 1. The molecule has 0 unspecified atom stereocenters. The van der Waals surface area contributed by atoms with Crippen molar-refractivity contribution in [1.82, 2.24) is 0 Å². The molecule has 0 rings (SSSR count). The van der Waals surface area contributed by atoms with Crippen LogP contribution < -0.4 is 5.73 Å². The molecule has 2 nitrogen and oxygen atoms in total. The number of hydrogen-bond acceptors (Lipinski definition) is 1. The van der Waals surface area contributed by atoms with E-state index >= 15 is 0 Å². The third-order valence-corrected chi connectivity index (χ3v) is 0.201. The Morgan fingerprint density at radius 1 is 1.57 bits per heavy atom. The Hall–Kier alpha value is 1.21. The third-order valence-electron chi connectivity index (χ3n) is 0.201. The first-order chi connectivity index (χ1) is 2.27. The number of carbonyl (C=O) groups is 1. The van der Waals surface area contributed by atoms with Crippen LogP contribution in [-0.4, -0.2) is 65.0 Å². The van der Waals surface area contributed by atoms with Crippen molar-refractivity contribution in [2.45, 2.75) is 0 Å².